The van der Waals surface area contributed by atoms with Crippen LogP contribution in [0.25, 0.3) is 0 Å². The van der Waals surface area contributed by atoms with Crippen LogP contribution in [0.3, 0.4) is 0 Å². The molecule has 2 aromatic rings. The van der Waals surface area contributed by atoms with Crippen LogP contribution in [0.5, 0.6) is 0 Å². The molecule has 2 aromatic heterocycles. The SMILES string of the molecule is C=CCCC(=O)NCC(O)(c1ccsc1)c1cccs1. The minimum absolute atomic E-state index is 0.0740. The van der Waals surface area contributed by atoms with Gasteiger partial charge in [-0.25, -0.2) is 0 Å². The molecule has 2 heterocycles. The van der Waals surface area contributed by atoms with Crippen LogP contribution in [0.1, 0.15) is 23.3 Å². The van der Waals surface area contributed by atoms with E-state index in [1.54, 1.807) is 6.08 Å². The van der Waals surface area contributed by atoms with Crippen LogP contribution in [-0.4, -0.2) is 17.6 Å². The molecule has 5 heteroatoms. The van der Waals surface area contributed by atoms with Gasteiger partial charge in [-0.2, -0.15) is 11.3 Å². The summed E-state index contributed by atoms with van der Waals surface area (Å²) in [7, 11) is 0. The maximum absolute atomic E-state index is 11.7. The molecule has 0 bridgehead atoms. The van der Waals surface area contributed by atoms with Crippen LogP contribution in [-0.2, 0) is 10.4 Å². The number of nitrogens with one attached hydrogen (secondary N) is 1. The lowest BCUT2D eigenvalue weighted by Gasteiger charge is -2.27. The number of aliphatic hydroxyl groups is 1. The normalized spacial score (nSPS) is 13.7. The Bertz CT molecular complexity index is 512. The number of hydrogen-bond acceptors (Lipinski definition) is 4. The molecule has 0 radical (unpaired) electrons. The summed E-state index contributed by atoms with van der Waals surface area (Å²) >= 11 is 3.02. The molecule has 0 saturated carbocycles. The highest BCUT2D eigenvalue weighted by Gasteiger charge is 2.33. The molecular formula is C15H17NO2S2. The number of carbonyl (C=O) groups excluding carboxylic acids is 1. The van der Waals surface area contributed by atoms with E-state index in [9.17, 15) is 9.90 Å². The van der Waals surface area contributed by atoms with Crippen molar-refractivity contribution in [3.05, 3.63) is 57.4 Å². The molecule has 1 atom stereocenters. The molecule has 1 amide bonds. The van der Waals surface area contributed by atoms with Gasteiger partial charge in [0.15, 0.2) is 0 Å². The molecule has 106 valence electrons. The first-order valence-electron chi connectivity index (χ1n) is 6.33. The maximum atomic E-state index is 11.7. The van der Waals surface area contributed by atoms with Gasteiger partial charge < -0.3 is 10.4 Å². The van der Waals surface area contributed by atoms with Gasteiger partial charge in [0.2, 0.25) is 5.91 Å². The van der Waals surface area contributed by atoms with Crippen molar-refractivity contribution >= 4 is 28.6 Å². The van der Waals surface area contributed by atoms with Crippen LogP contribution >= 0.6 is 22.7 Å². The Labute approximate surface area is 126 Å². The zero-order valence-corrected chi connectivity index (χ0v) is 12.7. The molecule has 0 fully saturated rings. The molecule has 2 N–H and O–H groups in total. The van der Waals surface area contributed by atoms with Crippen LogP contribution in [0, 0.1) is 0 Å². The predicted molar refractivity (Wildman–Crippen MR) is 84.1 cm³/mol. The van der Waals surface area contributed by atoms with Gasteiger partial charge in [0.05, 0.1) is 6.54 Å². The summed E-state index contributed by atoms with van der Waals surface area (Å²) < 4.78 is 0. The average Bonchev–Trinajstić information content (AvgIpc) is 3.14. The van der Waals surface area contributed by atoms with Gasteiger partial charge >= 0.3 is 0 Å². The number of thiophene rings is 2. The summed E-state index contributed by atoms with van der Waals surface area (Å²) in [6, 6.07) is 5.68. The van der Waals surface area contributed by atoms with E-state index in [-0.39, 0.29) is 12.5 Å². The van der Waals surface area contributed by atoms with Gasteiger partial charge in [-0.1, -0.05) is 12.1 Å². The average molecular weight is 307 g/mol. The zero-order chi connectivity index (χ0) is 14.4. The van der Waals surface area contributed by atoms with E-state index in [1.807, 2.05) is 34.3 Å². The van der Waals surface area contributed by atoms with Crippen molar-refractivity contribution in [2.45, 2.75) is 18.4 Å². The largest absolute Gasteiger partial charge is 0.378 e. The third-order valence-electron chi connectivity index (χ3n) is 3.04. The monoisotopic (exact) mass is 307 g/mol. The second kappa shape index (κ2) is 6.83. The van der Waals surface area contributed by atoms with Crippen molar-refractivity contribution < 1.29 is 9.90 Å². The highest BCUT2D eigenvalue weighted by molar-refractivity contribution is 7.10. The predicted octanol–water partition coefficient (Wildman–Crippen LogP) is 3.13. The van der Waals surface area contributed by atoms with Gasteiger partial charge in [0.25, 0.3) is 0 Å². The highest BCUT2D eigenvalue weighted by Crippen LogP contribution is 2.33. The van der Waals surface area contributed by atoms with Crippen LogP contribution in [0.2, 0.25) is 0 Å². The van der Waals surface area contributed by atoms with Gasteiger partial charge in [-0.3, -0.25) is 4.79 Å². The van der Waals surface area contributed by atoms with Crippen molar-refractivity contribution in [2.75, 3.05) is 6.54 Å². The van der Waals surface area contributed by atoms with E-state index in [0.717, 1.165) is 10.4 Å². The number of amides is 1. The Morgan fingerprint density at radius 3 is 2.90 bits per heavy atom. The van der Waals surface area contributed by atoms with Gasteiger partial charge in [-0.15, -0.1) is 17.9 Å². The second-order valence-electron chi connectivity index (χ2n) is 4.45. The molecule has 1 unspecified atom stereocenters. The van der Waals surface area contributed by atoms with Crippen molar-refractivity contribution in [3.63, 3.8) is 0 Å². The molecule has 20 heavy (non-hydrogen) atoms. The summed E-state index contributed by atoms with van der Waals surface area (Å²) in [4.78, 5) is 12.6. The molecule has 2 rings (SSSR count). The summed E-state index contributed by atoms with van der Waals surface area (Å²) in [5.74, 6) is -0.0740. The summed E-state index contributed by atoms with van der Waals surface area (Å²) in [5, 5.41) is 19.6. The zero-order valence-electron chi connectivity index (χ0n) is 11.0. The Hall–Kier alpha value is -1.43. The number of carbonyl (C=O) groups is 1. The van der Waals surface area contributed by atoms with E-state index < -0.39 is 5.60 Å². The van der Waals surface area contributed by atoms with Crippen molar-refractivity contribution in [2.24, 2.45) is 0 Å². The van der Waals surface area contributed by atoms with E-state index in [0.29, 0.717) is 12.8 Å². The topological polar surface area (TPSA) is 49.3 Å². The summed E-state index contributed by atoms with van der Waals surface area (Å²) in [6.07, 6.45) is 2.75. The second-order valence-corrected chi connectivity index (χ2v) is 6.18. The molecule has 0 aromatic carbocycles. The van der Waals surface area contributed by atoms with Gasteiger partial charge in [0.1, 0.15) is 5.60 Å². The highest BCUT2D eigenvalue weighted by atomic mass is 32.1. The van der Waals surface area contributed by atoms with Gasteiger partial charge in [0, 0.05) is 16.9 Å². The quantitative estimate of drug-likeness (QED) is 0.772. The van der Waals surface area contributed by atoms with Crippen LogP contribution in [0.4, 0.5) is 0 Å². The van der Waals surface area contributed by atoms with Crippen molar-refractivity contribution in [1.29, 1.82) is 0 Å². The lowest BCUT2D eigenvalue weighted by Crippen LogP contribution is -2.40. The molecular weight excluding hydrogens is 290 g/mol. The first-order chi connectivity index (χ1) is 9.66. The third kappa shape index (κ3) is 3.36. The summed E-state index contributed by atoms with van der Waals surface area (Å²) in [6.45, 7) is 3.78. The molecule has 0 saturated heterocycles. The number of allylic oxidation sites excluding steroid dienone is 1. The summed E-state index contributed by atoms with van der Waals surface area (Å²) in [5.41, 5.74) is -0.341. The number of hydrogen-bond donors (Lipinski definition) is 2. The van der Waals surface area contributed by atoms with Crippen molar-refractivity contribution in [1.82, 2.24) is 5.32 Å². The number of rotatable bonds is 7. The minimum atomic E-state index is -1.15. The fourth-order valence-corrected chi connectivity index (χ4v) is 3.46. The molecule has 0 aliphatic rings. The first kappa shape index (κ1) is 15.0. The van der Waals surface area contributed by atoms with Gasteiger partial charge in [-0.05, 0) is 34.7 Å². The minimum Gasteiger partial charge on any atom is -0.378 e. The third-order valence-corrected chi connectivity index (χ3v) is 4.75. The fraction of sp³-hybridized carbons (Fsp3) is 0.267. The molecule has 3 nitrogen and oxygen atoms in total. The Morgan fingerprint density at radius 2 is 2.30 bits per heavy atom. The maximum Gasteiger partial charge on any atom is 0.220 e. The van der Waals surface area contributed by atoms with Crippen LogP contribution in [0.15, 0.2) is 47.0 Å². The van der Waals surface area contributed by atoms with E-state index in [1.165, 1.54) is 22.7 Å². The van der Waals surface area contributed by atoms with Crippen molar-refractivity contribution in [3.8, 4) is 0 Å². The molecule has 0 aliphatic carbocycles. The standard InChI is InChI=1S/C15H17NO2S2/c1-2-3-6-14(17)16-11-15(18,12-7-9-19-10-12)13-5-4-8-20-13/h2,4-5,7-10,18H,1,3,6,11H2,(H,16,17). The Balaban J connectivity index is 2.13. The van der Waals surface area contributed by atoms with E-state index in [4.69, 9.17) is 0 Å². The van der Waals surface area contributed by atoms with Crippen LogP contribution < -0.4 is 5.32 Å². The van der Waals surface area contributed by atoms with E-state index >= 15 is 0 Å². The Morgan fingerprint density at radius 1 is 1.45 bits per heavy atom. The Kier molecular flexibility index (Phi) is 5.11. The molecule has 0 spiro atoms. The molecule has 0 aliphatic heterocycles. The fourth-order valence-electron chi connectivity index (χ4n) is 1.89. The smallest absolute Gasteiger partial charge is 0.220 e. The lowest BCUT2D eigenvalue weighted by atomic mass is 9.94. The lowest BCUT2D eigenvalue weighted by molar-refractivity contribution is -0.122. The van der Waals surface area contributed by atoms with E-state index in [2.05, 4.69) is 11.9 Å². The first-order valence-corrected chi connectivity index (χ1v) is 8.15.